The first-order valence-electron chi connectivity index (χ1n) is 30.6. The van der Waals surface area contributed by atoms with Crippen molar-refractivity contribution >= 4 is 43.4 Å². The summed E-state index contributed by atoms with van der Waals surface area (Å²) in [7, 11) is -4.97. The van der Waals surface area contributed by atoms with Crippen molar-refractivity contribution in [3.63, 3.8) is 0 Å². The van der Waals surface area contributed by atoms with E-state index in [1.54, 1.807) is 0 Å². The standard InChI is InChI=1S/C57H111N8O12P.Yb/c1-3-5-7-9-11-13-15-17-19-21-23-25-27-29-31-33-56(70)74-49-51(77-57(71)34-32-30-28-26-24-22-20-18-16-14-12-10-8-6-4-2)50-76-78(72,73)75-44-35-61-55(69)48-65-42-40-63(46-53(59)67)38-36-62(45-52(58)66)37-39-64(41-43-65)47-54(60)68;/h51H,3-50H2,1-2H3,(H2,58,66)(H2,59,67)(H2,60,68)(H,61,69)(H,72,73);/q;+3/p-1/t51-;/m1./s1. The zero-order valence-corrected chi connectivity index (χ0v) is 51.8. The Morgan fingerprint density at radius 1 is 0.456 bits per heavy atom. The first-order valence-corrected chi connectivity index (χ1v) is 32.0. The Morgan fingerprint density at radius 3 is 1.09 bits per heavy atom. The Balaban J connectivity index is 0.0000608. The quantitative estimate of drug-likeness (QED) is 0.0265. The van der Waals surface area contributed by atoms with Crippen molar-refractivity contribution in [2.75, 3.05) is 105 Å². The second-order valence-corrected chi connectivity index (χ2v) is 23.0. The van der Waals surface area contributed by atoms with Gasteiger partial charge in [-0.1, -0.05) is 194 Å². The molecule has 1 heterocycles. The molecule has 0 aromatic rings. The zero-order chi connectivity index (χ0) is 57.3. The maximum absolute atomic E-state index is 13.1. The van der Waals surface area contributed by atoms with Crippen molar-refractivity contribution in [2.24, 2.45) is 17.2 Å². The molecule has 1 saturated heterocycles. The van der Waals surface area contributed by atoms with Crippen LogP contribution in [0.25, 0.3) is 0 Å². The van der Waals surface area contributed by atoms with Crippen molar-refractivity contribution in [1.29, 1.82) is 0 Å². The van der Waals surface area contributed by atoms with Crippen LogP contribution in [0.4, 0.5) is 0 Å². The van der Waals surface area contributed by atoms with Gasteiger partial charge >= 0.3 is 58.9 Å². The summed E-state index contributed by atoms with van der Waals surface area (Å²) in [4.78, 5) is 94.6. The number of primary amides is 3. The fourth-order valence-corrected chi connectivity index (χ4v) is 10.3. The largest absolute Gasteiger partial charge is 3.00 e. The summed E-state index contributed by atoms with van der Waals surface area (Å²) < 4.78 is 34.1. The average Bonchev–Trinajstić information content (AvgIpc) is 3.38. The third-order valence-electron chi connectivity index (χ3n) is 14.2. The molecule has 4 amide bonds. The number of hydrogen-bond donors (Lipinski definition) is 4. The van der Waals surface area contributed by atoms with Crippen LogP contribution in [0.1, 0.15) is 219 Å². The molecule has 20 nitrogen and oxygen atoms in total. The van der Waals surface area contributed by atoms with Gasteiger partial charge in [0.1, 0.15) is 6.61 Å². The van der Waals surface area contributed by atoms with Crippen LogP contribution in [-0.2, 0) is 51.9 Å². The summed E-state index contributed by atoms with van der Waals surface area (Å²) in [5.74, 6) is -3.02. The molecular formula is C57H110N8O12PYb+2. The number of nitrogens with two attached hydrogens (primary N) is 3. The predicted octanol–water partition coefficient (Wildman–Crippen LogP) is 7.26. The molecule has 1 radical (unpaired) electrons. The molecule has 2 atom stereocenters. The first-order chi connectivity index (χ1) is 37.6. The minimum atomic E-state index is -4.97. The Hall–Kier alpha value is -1.71. The van der Waals surface area contributed by atoms with Gasteiger partial charge in [-0.15, -0.1) is 0 Å². The maximum Gasteiger partial charge on any atom is 3.00 e. The molecule has 0 aliphatic carbocycles. The van der Waals surface area contributed by atoms with Crippen LogP contribution in [0.15, 0.2) is 0 Å². The Labute approximate surface area is 515 Å². The molecule has 1 rings (SSSR count). The topological polar surface area (TPSA) is 283 Å². The average molecular weight is 1300 g/mol. The van der Waals surface area contributed by atoms with E-state index in [9.17, 15) is 38.2 Å². The number of nitrogens with one attached hydrogen (secondary N) is 1. The molecule has 1 fully saturated rings. The third-order valence-corrected chi connectivity index (χ3v) is 15.2. The number of rotatable bonds is 50. The van der Waals surface area contributed by atoms with Gasteiger partial charge in [-0.25, -0.2) is 0 Å². The number of amides is 4. The molecule has 0 saturated carbocycles. The number of hydrogen-bond acceptors (Lipinski definition) is 16. The number of phosphoric ester groups is 1. The van der Waals surface area contributed by atoms with Crippen LogP contribution in [0.3, 0.4) is 0 Å². The molecule has 0 aromatic heterocycles. The molecule has 1 aliphatic heterocycles. The zero-order valence-electron chi connectivity index (χ0n) is 49.2. The number of carbonyl (C=O) groups is 6. The number of unbranched alkanes of at least 4 members (excludes halogenated alkanes) is 28. The second-order valence-electron chi connectivity index (χ2n) is 21.6. The Morgan fingerprint density at radius 2 is 0.759 bits per heavy atom. The van der Waals surface area contributed by atoms with E-state index in [2.05, 4.69) is 19.2 Å². The number of ether oxygens (including phenoxy) is 2. The van der Waals surface area contributed by atoms with E-state index in [0.29, 0.717) is 65.2 Å². The van der Waals surface area contributed by atoms with Gasteiger partial charge in [0.05, 0.1) is 39.4 Å². The second kappa shape index (κ2) is 53.0. The summed E-state index contributed by atoms with van der Waals surface area (Å²) in [5.41, 5.74) is 16.5. The van der Waals surface area contributed by atoms with E-state index in [1.807, 2.05) is 19.6 Å². The molecule has 1 aliphatic rings. The van der Waals surface area contributed by atoms with Gasteiger partial charge in [0.25, 0.3) is 7.82 Å². The Kier molecular flexibility index (Phi) is 51.9. The fourth-order valence-electron chi connectivity index (χ4n) is 9.59. The van der Waals surface area contributed by atoms with Crippen molar-refractivity contribution in [3.05, 3.63) is 0 Å². The number of carbonyl (C=O) groups excluding carboxylic acids is 6. The number of nitrogens with zero attached hydrogens (tertiary/aromatic N) is 4. The van der Waals surface area contributed by atoms with Crippen molar-refractivity contribution in [1.82, 2.24) is 24.9 Å². The van der Waals surface area contributed by atoms with Crippen LogP contribution in [-0.4, -0.2) is 166 Å². The number of phosphoric acid groups is 1. The summed E-state index contributed by atoms with van der Waals surface area (Å²) >= 11 is 0. The Bertz CT molecular complexity index is 1590. The van der Waals surface area contributed by atoms with E-state index in [1.165, 1.54) is 141 Å². The molecule has 467 valence electrons. The molecule has 1 unspecified atom stereocenters. The van der Waals surface area contributed by atoms with Crippen LogP contribution in [0, 0.1) is 46.9 Å². The van der Waals surface area contributed by atoms with Crippen LogP contribution < -0.4 is 27.4 Å². The van der Waals surface area contributed by atoms with E-state index in [4.69, 9.17) is 35.7 Å². The minimum Gasteiger partial charge on any atom is -0.756 e. The van der Waals surface area contributed by atoms with Crippen LogP contribution >= 0.6 is 7.82 Å². The monoisotopic (exact) mass is 1300 g/mol. The summed E-state index contributed by atoms with van der Waals surface area (Å²) in [5, 5.41) is 2.65. The third kappa shape index (κ3) is 50.5. The van der Waals surface area contributed by atoms with Crippen LogP contribution in [0.2, 0.25) is 0 Å². The summed E-state index contributed by atoms with van der Waals surface area (Å²) in [6, 6.07) is 0. The van der Waals surface area contributed by atoms with Crippen molar-refractivity contribution in [3.8, 4) is 0 Å². The molecule has 7 N–H and O–H groups in total. The van der Waals surface area contributed by atoms with E-state index >= 15 is 0 Å². The molecule has 79 heavy (non-hydrogen) atoms. The van der Waals surface area contributed by atoms with Crippen LogP contribution in [0.5, 0.6) is 0 Å². The summed E-state index contributed by atoms with van der Waals surface area (Å²) in [6.45, 7) is 5.60. The van der Waals surface area contributed by atoms with Gasteiger partial charge in [0, 0.05) is 71.7 Å². The first kappa shape index (κ1) is 77.3. The van der Waals surface area contributed by atoms with E-state index in [0.717, 1.165) is 38.5 Å². The molecule has 0 aromatic carbocycles. The molecular weight excluding hydrogens is 1190 g/mol. The maximum atomic E-state index is 13.1. The van der Waals surface area contributed by atoms with Gasteiger partial charge in [-0.05, 0) is 12.8 Å². The van der Waals surface area contributed by atoms with Gasteiger partial charge in [-0.3, -0.25) is 52.9 Å². The predicted molar refractivity (Wildman–Crippen MR) is 306 cm³/mol. The molecule has 22 heteroatoms. The van der Waals surface area contributed by atoms with E-state index < -0.39 is 62.7 Å². The smallest absolute Gasteiger partial charge is 0.756 e. The number of esters is 2. The van der Waals surface area contributed by atoms with Gasteiger partial charge < -0.3 is 45.9 Å². The fraction of sp³-hybridized carbons (Fsp3) is 0.895. The van der Waals surface area contributed by atoms with Gasteiger partial charge in [-0.2, -0.15) is 0 Å². The SMILES string of the molecule is CCCCCCCCCCCCCCCCCC(=O)OC[C@H](COP(=O)([O-])OCCNC(=O)CN1CCN(CC(N)=O)CCN(CC(N)=O)CCN(CC(N)=O)CC1)OC(=O)CCCCCCCCCCCCCCCCC.[Yb+3]. The normalized spacial score (nSPS) is 15.5. The van der Waals surface area contributed by atoms with Crippen molar-refractivity contribution < 1.29 is 104 Å². The molecule has 0 spiro atoms. The van der Waals surface area contributed by atoms with Crippen molar-refractivity contribution in [2.45, 2.75) is 225 Å². The molecule has 0 bridgehead atoms. The minimum absolute atomic E-state index is 0. The van der Waals surface area contributed by atoms with E-state index in [-0.39, 0.29) is 99.1 Å². The van der Waals surface area contributed by atoms with Gasteiger partial charge in [0.2, 0.25) is 23.6 Å². The summed E-state index contributed by atoms with van der Waals surface area (Å²) in [6.07, 6.45) is 35.1. The van der Waals surface area contributed by atoms with Gasteiger partial charge in [0.15, 0.2) is 6.10 Å².